The highest BCUT2D eigenvalue weighted by molar-refractivity contribution is 7.91. The summed E-state index contributed by atoms with van der Waals surface area (Å²) in [6.07, 6.45) is -8.86. The van der Waals surface area contributed by atoms with Gasteiger partial charge in [-0.2, -0.15) is 31.4 Å². The molecule has 240 valence electrons. The largest absolute Gasteiger partial charge is 0.493 e. The van der Waals surface area contributed by atoms with Gasteiger partial charge in [-0.3, -0.25) is 14.3 Å². The molecule has 1 aromatic carbocycles. The zero-order valence-corrected chi connectivity index (χ0v) is 23.7. The monoisotopic (exact) mass is 652 g/mol. The first-order chi connectivity index (χ1) is 20.5. The molecule has 1 aliphatic heterocycles. The van der Waals surface area contributed by atoms with Gasteiger partial charge in [-0.15, -0.1) is 0 Å². The van der Waals surface area contributed by atoms with Gasteiger partial charge in [-0.1, -0.05) is 0 Å². The highest BCUT2D eigenvalue weighted by Gasteiger charge is 2.61. The fourth-order valence-electron chi connectivity index (χ4n) is 4.96. The Hall–Kier alpha value is -3.63. The summed E-state index contributed by atoms with van der Waals surface area (Å²) in [5.41, 5.74) is -6.14. The van der Waals surface area contributed by atoms with Crippen molar-refractivity contribution in [1.29, 1.82) is 0 Å². The fourth-order valence-corrected chi connectivity index (χ4v) is 6.25. The molecule has 1 unspecified atom stereocenters. The van der Waals surface area contributed by atoms with Crippen LogP contribution in [-0.2, 0) is 31.7 Å². The van der Waals surface area contributed by atoms with Crippen molar-refractivity contribution in [3.8, 4) is 5.75 Å². The van der Waals surface area contributed by atoms with Crippen molar-refractivity contribution < 1.29 is 53.5 Å². The summed E-state index contributed by atoms with van der Waals surface area (Å²) in [5.74, 6) is -4.57. The van der Waals surface area contributed by atoms with Gasteiger partial charge < -0.3 is 10.1 Å². The summed E-state index contributed by atoms with van der Waals surface area (Å²) < 4.78 is 130. The predicted octanol–water partition coefficient (Wildman–Crippen LogP) is 4.49. The Bertz CT molecular complexity index is 1590. The van der Waals surface area contributed by atoms with Crippen LogP contribution in [0.1, 0.15) is 56.2 Å². The Labute approximate surface area is 246 Å². The molecular formula is C27H27F7N4O5S. The normalized spacial score (nSPS) is 21.3. The van der Waals surface area contributed by atoms with E-state index in [1.54, 1.807) is 10.0 Å². The molecule has 2 saturated carbocycles. The van der Waals surface area contributed by atoms with Gasteiger partial charge in [0.1, 0.15) is 17.1 Å². The fraction of sp³-hybridized carbons (Fsp3) is 0.519. The predicted molar refractivity (Wildman–Crippen MR) is 140 cm³/mol. The van der Waals surface area contributed by atoms with Crippen LogP contribution in [-0.4, -0.2) is 54.2 Å². The van der Waals surface area contributed by atoms with Crippen molar-refractivity contribution in [2.75, 3.05) is 6.61 Å². The Balaban J connectivity index is 1.52. The molecule has 2 aromatic rings. The van der Waals surface area contributed by atoms with Gasteiger partial charge in [-0.05, 0) is 56.2 Å². The molecule has 0 spiro atoms. The van der Waals surface area contributed by atoms with Crippen molar-refractivity contribution in [3.05, 3.63) is 53.1 Å². The number of nitrogens with one attached hydrogen (secondary N) is 2. The van der Waals surface area contributed by atoms with Crippen molar-refractivity contribution >= 4 is 27.4 Å². The number of amides is 2. The maximum absolute atomic E-state index is 15.4. The molecule has 2 aliphatic carbocycles. The van der Waals surface area contributed by atoms with E-state index in [2.05, 4.69) is 5.10 Å². The van der Waals surface area contributed by atoms with E-state index in [0.717, 1.165) is 18.9 Å². The molecule has 1 atom stereocenters. The number of hydrogen-bond acceptors (Lipinski definition) is 6. The number of aromatic nitrogens is 2. The van der Waals surface area contributed by atoms with E-state index in [-0.39, 0.29) is 24.3 Å². The third kappa shape index (κ3) is 6.86. The maximum Gasteiger partial charge on any atom is 0.416 e. The average Bonchev–Trinajstić information content (AvgIpc) is 3.83. The van der Waals surface area contributed by atoms with Crippen LogP contribution in [0.15, 0.2) is 36.0 Å². The summed E-state index contributed by atoms with van der Waals surface area (Å²) in [4.78, 5) is 26.5. The van der Waals surface area contributed by atoms with E-state index >= 15 is 4.39 Å². The van der Waals surface area contributed by atoms with Crippen LogP contribution in [0, 0.1) is 11.7 Å². The van der Waals surface area contributed by atoms with Crippen LogP contribution in [0.2, 0.25) is 0 Å². The number of carbonyl (C=O) groups is 2. The van der Waals surface area contributed by atoms with Gasteiger partial charge in [0.05, 0.1) is 17.6 Å². The van der Waals surface area contributed by atoms with Gasteiger partial charge in [-0.25, -0.2) is 17.5 Å². The van der Waals surface area contributed by atoms with E-state index in [1.807, 2.05) is 0 Å². The molecule has 0 radical (unpaired) electrons. The van der Waals surface area contributed by atoms with Crippen molar-refractivity contribution in [2.45, 2.75) is 74.6 Å². The lowest BCUT2D eigenvalue weighted by Crippen LogP contribution is -2.60. The van der Waals surface area contributed by atoms with E-state index < -0.39 is 93.4 Å². The summed E-state index contributed by atoms with van der Waals surface area (Å²) in [6, 6.07) is 3.45. The van der Waals surface area contributed by atoms with Crippen LogP contribution < -0.4 is 14.8 Å². The molecule has 5 rings (SSSR count). The molecule has 2 N–H and O–H groups in total. The minimum Gasteiger partial charge on any atom is -0.493 e. The lowest BCUT2D eigenvalue weighted by molar-refractivity contribution is -0.202. The number of hydrogen-bond donors (Lipinski definition) is 2. The second kappa shape index (κ2) is 11.4. The number of sulfonamides is 1. The molecule has 0 bridgehead atoms. The van der Waals surface area contributed by atoms with Crippen LogP contribution in [0.25, 0.3) is 5.57 Å². The lowest BCUT2D eigenvalue weighted by Gasteiger charge is -2.41. The topological polar surface area (TPSA) is 119 Å². The summed E-state index contributed by atoms with van der Waals surface area (Å²) >= 11 is 0. The van der Waals surface area contributed by atoms with Gasteiger partial charge >= 0.3 is 12.4 Å². The second-order valence-electron chi connectivity index (χ2n) is 11.1. The Kier molecular flexibility index (Phi) is 8.22. The minimum atomic E-state index is -5.36. The molecule has 44 heavy (non-hydrogen) atoms. The van der Waals surface area contributed by atoms with Gasteiger partial charge in [0, 0.05) is 42.8 Å². The number of carbonyl (C=O) groups excluding carboxylic acids is 2. The Morgan fingerprint density at radius 3 is 2.41 bits per heavy atom. The number of alkyl halides is 6. The van der Waals surface area contributed by atoms with E-state index in [0.29, 0.717) is 24.6 Å². The number of ether oxygens (including phenoxy) is 1. The van der Waals surface area contributed by atoms with E-state index in [9.17, 15) is 44.3 Å². The molecule has 3 aliphatic rings. The minimum absolute atomic E-state index is 0.201. The molecule has 17 heteroatoms. The van der Waals surface area contributed by atoms with Crippen LogP contribution in [0.4, 0.5) is 30.7 Å². The van der Waals surface area contributed by atoms with Gasteiger partial charge in [0.25, 0.3) is 11.8 Å². The lowest BCUT2D eigenvalue weighted by atomic mass is 9.77. The molecule has 1 aromatic heterocycles. The zero-order chi connectivity index (χ0) is 32.1. The van der Waals surface area contributed by atoms with Crippen molar-refractivity contribution in [1.82, 2.24) is 19.8 Å². The highest BCUT2D eigenvalue weighted by atomic mass is 32.2. The van der Waals surface area contributed by atoms with Crippen LogP contribution in [0.5, 0.6) is 5.75 Å². The average molecular weight is 653 g/mol. The Morgan fingerprint density at radius 1 is 1.11 bits per heavy atom. The Morgan fingerprint density at radius 2 is 1.82 bits per heavy atom. The molecule has 9 nitrogen and oxygen atoms in total. The molecular weight excluding hydrogens is 625 g/mol. The van der Waals surface area contributed by atoms with Crippen LogP contribution in [0.3, 0.4) is 0 Å². The van der Waals surface area contributed by atoms with Crippen molar-refractivity contribution in [3.63, 3.8) is 0 Å². The zero-order valence-electron chi connectivity index (χ0n) is 22.9. The van der Waals surface area contributed by atoms with Gasteiger partial charge in [0.15, 0.2) is 5.54 Å². The molecule has 0 saturated heterocycles. The number of rotatable bonds is 11. The SMILES string of the molecule is O=C1NC(c2ccc(OCCCC(F)(F)F)cc2F)(C(F)(F)F)CC(c2ccn(CC3CC3)n2)=C1C(=O)NS(=O)(=O)C1CC1. The first-order valence-corrected chi connectivity index (χ1v) is 15.3. The standard InChI is InChI=1S/C27H27F7N4O5S/c28-20-12-16(43-11-1-9-26(29,30)31)4-7-19(20)25(27(32,33)34)13-18(21-8-10-38(36-21)14-15-2-3-15)22(23(39)35-25)24(40)37-44(41,42)17-5-6-17/h4,7-8,10,12,15,17H,1-3,5-6,9,11,13-14H2,(H,35,39)(H,37,40). The molecule has 2 amide bonds. The first-order valence-electron chi connectivity index (χ1n) is 13.7. The second-order valence-corrected chi connectivity index (χ2v) is 13.1. The summed E-state index contributed by atoms with van der Waals surface area (Å²) in [7, 11) is -4.20. The smallest absolute Gasteiger partial charge is 0.416 e. The molecule has 2 fully saturated rings. The molecule has 2 heterocycles. The maximum atomic E-state index is 15.4. The third-order valence-electron chi connectivity index (χ3n) is 7.57. The number of benzene rings is 1. The quantitative estimate of drug-likeness (QED) is 0.210. The highest BCUT2D eigenvalue weighted by Crippen LogP contribution is 2.49. The third-order valence-corrected chi connectivity index (χ3v) is 9.39. The van der Waals surface area contributed by atoms with E-state index in [1.165, 1.54) is 16.9 Å². The van der Waals surface area contributed by atoms with E-state index in [4.69, 9.17) is 4.74 Å². The van der Waals surface area contributed by atoms with Crippen molar-refractivity contribution in [2.24, 2.45) is 5.92 Å². The summed E-state index contributed by atoms with van der Waals surface area (Å²) in [5, 5.41) is 5.08. The number of halogens is 7. The first kappa shape index (κ1) is 31.8. The summed E-state index contributed by atoms with van der Waals surface area (Å²) in [6.45, 7) is -0.0569. The number of nitrogens with zero attached hydrogens (tertiary/aromatic N) is 2. The van der Waals surface area contributed by atoms with Crippen LogP contribution >= 0.6 is 0 Å². The van der Waals surface area contributed by atoms with Gasteiger partial charge in [0.2, 0.25) is 10.0 Å².